The highest BCUT2D eigenvalue weighted by Crippen LogP contribution is 2.13. The van der Waals surface area contributed by atoms with Gasteiger partial charge >= 0.3 is 0 Å². The Balaban J connectivity index is 2.00. The summed E-state index contributed by atoms with van der Waals surface area (Å²) < 4.78 is 5.41. The first kappa shape index (κ1) is 14.4. The molecular formula is C12H25N3O2. The highest BCUT2D eigenvalue weighted by atomic mass is 16.5. The van der Waals surface area contributed by atoms with Crippen LogP contribution in [0.2, 0.25) is 0 Å². The van der Waals surface area contributed by atoms with Crippen LogP contribution in [0.3, 0.4) is 0 Å². The van der Waals surface area contributed by atoms with Gasteiger partial charge < -0.3 is 20.3 Å². The molecule has 0 bridgehead atoms. The average molecular weight is 243 g/mol. The predicted molar refractivity (Wildman–Crippen MR) is 68.0 cm³/mol. The molecule has 1 aliphatic rings. The molecule has 5 heteroatoms. The molecule has 0 spiro atoms. The Labute approximate surface area is 104 Å². The third-order valence-corrected chi connectivity index (χ3v) is 3.04. The second-order valence-electron chi connectivity index (χ2n) is 4.90. The fourth-order valence-corrected chi connectivity index (χ4v) is 1.89. The zero-order chi connectivity index (χ0) is 12.7. The van der Waals surface area contributed by atoms with Crippen LogP contribution >= 0.6 is 0 Å². The predicted octanol–water partition coefficient (Wildman–Crippen LogP) is -0.321. The van der Waals surface area contributed by atoms with Crippen LogP contribution in [-0.4, -0.2) is 63.8 Å². The molecule has 100 valence electrons. The summed E-state index contributed by atoms with van der Waals surface area (Å²) in [6.07, 6.45) is 1.08. The molecule has 2 unspecified atom stereocenters. The maximum Gasteiger partial charge on any atom is 0.237 e. The molecule has 2 N–H and O–H groups in total. The van der Waals surface area contributed by atoms with Crippen LogP contribution in [0, 0.1) is 5.92 Å². The van der Waals surface area contributed by atoms with Gasteiger partial charge in [-0.05, 0) is 33.0 Å². The lowest BCUT2D eigenvalue weighted by molar-refractivity contribution is -0.123. The van der Waals surface area contributed by atoms with Crippen LogP contribution in [0.4, 0.5) is 0 Å². The van der Waals surface area contributed by atoms with Gasteiger partial charge in [0, 0.05) is 13.1 Å². The van der Waals surface area contributed by atoms with Gasteiger partial charge in [0.15, 0.2) is 0 Å². The first-order chi connectivity index (χ1) is 8.11. The van der Waals surface area contributed by atoms with Crippen molar-refractivity contribution in [1.82, 2.24) is 15.5 Å². The zero-order valence-electron chi connectivity index (χ0n) is 11.2. The largest absolute Gasteiger partial charge is 0.378 e. The van der Waals surface area contributed by atoms with Crippen molar-refractivity contribution in [2.24, 2.45) is 5.92 Å². The van der Waals surface area contributed by atoms with Gasteiger partial charge in [-0.2, -0.15) is 0 Å². The molecule has 1 rings (SSSR count). The first-order valence-corrected chi connectivity index (χ1v) is 6.35. The maximum absolute atomic E-state index is 11.8. The number of rotatable bonds is 7. The third kappa shape index (κ3) is 5.48. The summed E-state index contributed by atoms with van der Waals surface area (Å²) in [6.45, 7) is 5.85. The Bertz CT molecular complexity index is 234. The van der Waals surface area contributed by atoms with Crippen LogP contribution in [0.1, 0.15) is 13.3 Å². The molecule has 1 aliphatic heterocycles. The molecule has 1 saturated heterocycles. The lowest BCUT2D eigenvalue weighted by Crippen LogP contribution is -2.44. The minimum Gasteiger partial charge on any atom is -0.378 e. The quantitative estimate of drug-likeness (QED) is 0.602. The van der Waals surface area contributed by atoms with Gasteiger partial charge in [-0.25, -0.2) is 0 Å². The lowest BCUT2D eigenvalue weighted by Gasteiger charge is -2.15. The number of carbonyl (C=O) groups is 1. The monoisotopic (exact) mass is 243 g/mol. The summed E-state index contributed by atoms with van der Waals surface area (Å²) in [7, 11) is 4.02. The molecule has 0 aromatic carbocycles. The van der Waals surface area contributed by atoms with E-state index in [9.17, 15) is 4.79 Å². The Kier molecular flexibility index (Phi) is 6.47. The minimum atomic E-state index is -0.0169. The highest BCUT2D eigenvalue weighted by Gasteiger charge is 2.28. The van der Waals surface area contributed by atoms with Gasteiger partial charge in [-0.1, -0.05) is 6.92 Å². The van der Waals surface area contributed by atoms with Crippen molar-refractivity contribution in [3.8, 4) is 0 Å². The summed E-state index contributed by atoms with van der Waals surface area (Å²) in [5, 5.41) is 6.12. The van der Waals surface area contributed by atoms with E-state index in [2.05, 4.69) is 22.5 Å². The van der Waals surface area contributed by atoms with Crippen molar-refractivity contribution in [2.45, 2.75) is 19.4 Å². The fraction of sp³-hybridized carbons (Fsp3) is 0.917. The molecule has 5 nitrogen and oxygen atoms in total. The maximum atomic E-state index is 11.8. The fourth-order valence-electron chi connectivity index (χ4n) is 1.89. The number of likely N-dealkylation sites (N-methyl/N-ethyl adjacent to an activating group) is 1. The molecular weight excluding hydrogens is 218 g/mol. The molecule has 17 heavy (non-hydrogen) atoms. The van der Waals surface area contributed by atoms with E-state index in [-0.39, 0.29) is 11.9 Å². The summed E-state index contributed by atoms with van der Waals surface area (Å²) in [6, 6.07) is -0.0169. The SMILES string of the molecule is CC1CCNC1C(=O)NCCOCCN(C)C. The van der Waals surface area contributed by atoms with Gasteiger partial charge in [-0.3, -0.25) is 4.79 Å². The van der Waals surface area contributed by atoms with E-state index in [1.54, 1.807) is 0 Å². The molecule has 0 aliphatic carbocycles. The van der Waals surface area contributed by atoms with Crippen LogP contribution < -0.4 is 10.6 Å². The number of amides is 1. The van der Waals surface area contributed by atoms with Gasteiger partial charge in [-0.15, -0.1) is 0 Å². The summed E-state index contributed by atoms with van der Waals surface area (Å²) in [5.41, 5.74) is 0. The van der Waals surface area contributed by atoms with Gasteiger partial charge in [0.2, 0.25) is 5.91 Å². The minimum absolute atomic E-state index is 0.0169. The van der Waals surface area contributed by atoms with Crippen molar-refractivity contribution in [2.75, 3.05) is 46.9 Å². The molecule has 1 amide bonds. The van der Waals surface area contributed by atoms with E-state index in [4.69, 9.17) is 4.74 Å². The molecule has 0 saturated carbocycles. The van der Waals surface area contributed by atoms with Crippen molar-refractivity contribution in [3.05, 3.63) is 0 Å². The summed E-state index contributed by atoms with van der Waals surface area (Å²) in [4.78, 5) is 13.8. The average Bonchev–Trinajstić information content (AvgIpc) is 2.69. The van der Waals surface area contributed by atoms with E-state index in [0.29, 0.717) is 25.7 Å². The van der Waals surface area contributed by atoms with Crippen molar-refractivity contribution in [3.63, 3.8) is 0 Å². The smallest absolute Gasteiger partial charge is 0.237 e. The lowest BCUT2D eigenvalue weighted by atomic mass is 10.0. The number of ether oxygens (including phenoxy) is 1. The number of hydrogen-bond donors (Lipinski definition) is 2. The normalized spacial score (nSPS) is 24.2. The van der Waals surface area contributed by atoms with Crippen molar-refractivity contribution >= 4 is 5.91 Å². The van der Waals surface area contributed by atoms with Crippen LogP contribution in [-0.2, 0) is 9.53 Å². The third-order valence-electron chi connectivity index (χ3n) is 3.04. The van der Waals surface area contributed by atoms with Gasteiger partial charge in [0.1, 0.15) is 0 Å². The zero-order valence-corrected chi connectivity index (χ0v) is 11.2. The highest BCUT2D eigenvalue weighted by molar-refractivity contribution is 5.82. The number of carbonyl (C=O) groups excluding carboxylic acids is 1. The Morgan fingerprint density at radius 2 is 2.24 bits per heavy atom. The van der Waals surface area contributed by atoms with E-state index >= 15 is 0 Å². The molecule has 1 fully saturated rings. The van der Waals surface area contributed by atoms with Gasteiger partial charge in [0.05, 0.1) is 19.3 Å². The number of nitrogens with one attached hydrogen (secondary N) is 2. The Hall–Kier alpha value is -0.650. The van der Waals surface area contributed by atoms with E-state index in [1.807, 2.05) is 14.1 Å². The van der Waals surface area contributed by atoms with Gasteiger partial charge in [0.25, 0.3) is 0 Å². The Morgan fingerprint density at radius 1 is 1.47 bits per heavy atom. The second-order valence-corrected chi connectivity index (χ2v) is 4.90. The molecule has 1 heterocycles. The standard InChI is InChI=1S/C12H25N3O2/c1-10-4-5-13-11(10)12(16)14-6-8-17-9-7-15(2)3/h10-11,13H,4-9H2,1-3H3,(H,14,16). The summed E-state index contributed by atoms with van der Waals surface area (Å²) in [5.74, 6) is 0.538. The van der Waals surface area contributed by atoms with E-state index < -0.39 is 0 Å². The van der Waals surface area contributed by atoms with Crippen LogP contribution in [0.15, 0.2) is 0 Å². The van der Waals surface area contributed by atoms with Crippen molar-refractivity contribution in [1.29, 1.82) is 0 Å². The Morgan fingerprint density at radius 3 is 2.82 bits per heavy atom. The van der Waals surface area contributed by atoms with Crippen molar-refractivity contribution < 1.29 is 9.53 Å². The first-order valence-electron chi connectivity index (χ1n) is 6.35. The number of hydrogen-bond acceptors (Lipinski definition) is 4. The summed E-state index contributed by atoms with van der Waals surface area (Å²) >= 11 is 0. The molecule has 0 aromatic rings. The molecule has 0 aromatic heterocycles. The molecule has 2 atom stereocenters. The second kappa shape index (κ2) is 7.63. The van der Waals surface area contributed by atoms with Crippen LogP contribution in [0.25, 0.3) is 0 Å². The van der Waals surface area contributed by atoms with E-state index in [0.717, 1.165) is 19.5 Å². The van der Waals surface area contributed by atoms with Crippen LogP contribution in [0.5, 0.6) is 0 Å². The molecule has 0 radical (unpaired) electrons. The topological polar surface area (TPSA) is 53.6 Å². The van der Waals surface area contributed by atoms with E-state index in [1.165, 1.54) is 0 Å². The number of nitrogens with zero attached hydrogens (tertiary/aromatic N) is 1.